The molecule has 2 N–H and O–H groups in total. The maximum absolute atomic E-state index is 12.1. The molecule has 0 aromatic carbocycles. The molecule has 1 heterocycles. The standard InChI is InChI=1S/C11H21N3O3.ClH/c1-13(2)10(15)8-5-4-6-14(8)11(16)9(7-12)17-3;/h8-9H,4-7,12H2,1-3H3;1H. The topological polar surface area (TPSA) is 75.9 Å². The first kappa shape index (κ1) is 17.2. The predicted molar refractivity (Wildman–Crippen MR) is 70.5 cm³/mol. The third kappa shape index (κ3) is 3.57. The maximum atomic E-state index is 12.1. The number of methoxy groups -OCH3 is 1. The fourth-order valence-electron chi connectivity index (χ4n) is 2.07. The van der Waals surface area contributed by atoms with Crippen molar-refractivity contribution >= 4 is 24.2 Å². The molecule has 1 rings (SSSR count). The van der Waals surface area contributed by atoms with Gasteiger partial charge in [0.1, 0.15) is 12.1 Å². The molecular weight excluding hydrogens is 258 g/mol. The summed E-state index contributed by atoms with van der Waals surface area (Å²) in [5.74, 6) is -0.226. The summed E-state index contributed by atoms with van der Waals surface area (Å²) in [6.07, 6.45) is 0.909. The molecule has 0 aromatic heterocycles. The minimum atomic E-state index is -0.648. The van der Waals surface area contributed by atoms with Crippen LogP contribution in [0.15, 0.2) is 0 Å². The Bertz CT molecular complexity index is 295. The zero-order chi connectivity index (χ0) is 13.0. The highest BCUT2D eigenvalue weighted by atomic mass is 35.5. The van der Waals surface area contributed by atoms with Crippen molar-refractivity contribution in [3.05, 3.63) is 0 Å². The average Bonchev–Trinajstić information content (AvgIpc) is 2.77. The van der Waals surface area contributed by atoms with Crippen LogP contribution < -0.4 is 5.73 Å². The van der Waals surface area contributed by atoms with Gasteiger partial charge >= 0.3 is 0 Å². The van der Waals surface area contributed by atoms with Crippen LogP contribution in [-0.2, 0) is 14.3 Å². The van der Waals surface area contributed by atoms with Gasteiger partial charge in [-0.2, -0.15) is 0 Å². The molecule has 2 atom stereocenters. The number of rotatable bonds is 4. The van der Waals surface area contributed by atoms with Gasteiger partial charge in [-0.3, -0.25) is 9.59 Å². The molecule has 1 aliphatic rings. The fourth-order valence-corrected chi connectivity index (χ4v) is 2.07. The van der Waals surface area contributed by atoms with Gasteiger partial charge in [-0.1, -0.05) is 0 Å². The third-order valence-electron chi connectivity index (χ3n) is 3.04. The highest BCUT2D eigenvalue weighted by Gasteiger charge is 2.37. The lowest BCUT2D eigenvalue weighted by Crippen LogP contribution is -2.50. The van der Waals surface area contributed by atoms with Gasteiger partial charge in [0.25, 0.3) is 5.91 Å². The van der Waals surface area contributed by atoms with Crippen molar-refractivity contribution < 1.29 is 14.3 Å². The second-order valence-electron chi connectivity index (χ2n) is 4.38. The number of nitrogens with two attached hydrogens (primary N) is 1. The summed E-state index contributed by atoms with van der Waals surface area (Å²) in [7, 11) is 4.84. The van der Waals surface area contributed by atoms with Crippen LogP contribution in [0.4, 0.5) is 0 Å². The van der Waals surface area contributed by atoms with Crippen molar-refractivity contribution in [3.63, 3.8) is 0 Å². The van der Waals surface area contributed by atoms with Gasteiger partial charge in [0.05, 0.1) is 0 Å². The number of likely N-dealkylation sites (tertiary alicyclic amines) is 1. The van der Waals surface area contributed by atoms with E-state index in [-0.39, 0.29) is 36.8 Å². The Kier molecular flexibility index (Phi) is 7.20. The normalized spacial score (nSPS) is 20.2. The summed E-state index contributed by atoms with van der Waals surface area (Å²) in [6, 6.07) is -0.360. The summed E-state index contributed by atoms with van der Waals surface area (Å²) >= 11 is 0. The molecule has 18 heavy (non-hydrogen) atoms. The molecule has 2 unspecified atom stereocenters. The Morgan fingerprint density at radius 1 is 1.50 bits per heavy atom. The molecule has 106 valence electrons. The molecular formula is C11H22ClN3O3. The van der Waals surface area contributed by atoms with Crippen molar-refractivity contribution in [1.29, 1.82) is 0 Å². The van der Waals surface area contributed by atoms with Crippen LogP contribution in [-0.4, -0.2) is 68.1 Å². The number of halogens is 1. The van der Waals surface area contributed by atoms with Crippen molar-refractivity contribution in [1.82, 2.24) is 9.80 Å². The highest BCUT2D eigenvalue weighted by Crippen LogP contribution is 2.20. The van der Waals surface area contributed by atoms with E-state index >= 15 is 0 Å². The lowest BCUT2D eigenvalue weighted by atomic mass is 10.2. The van der Waals surface area contributed by atoms with Gasteiger partial charge in [0.2, 0.25) is 5.91 Å². The van der Waals surface area contributed by atoms with Crippen molar-refractivity contribution in [2.45, 2.75) is 25.0 Å². The van der Waals surface area contributed by atoms with E-state index in [0.717, 1.165) is 6.42 Å². The van der Waals surface area contributed by atoms with Crippen LogP contribution in [0.25, 0.3) is 0 Å². The number of carbonyl (C=O) groups excluding carboxylic acids is 2. The molecule has 6 nitrogen and oxygen atoms in total. The Labute approximate surface area is 114 Å². The highest BCUT2D eigenvalue weighted by molar-refractivity contribution is 5.89. The van der Waals surface area contributed by atoms with E-state index in [2.05, 4.69) is 0 Å². The Balaban J connectivity index is 0.00000289. The Hall–Kier alpha value is -0.850. The molecule has 0 aromatic rings. The Morgan fingerprint density at radius 3 is 2.56 bits per heavy atom. The third-order valence-corrected chi connectivity index (χ3v) is 3.04. The lowest BCUT2D eigenvalue weighted by Gasteiger charge is -2.28. The van der Waals surface area contributed by atoms with Gasteiger partial charge in [0, 0.05) is 34.3 Å². The van der Waals surface area contributed by atoms with E-state index < -0.39 is 6.10 Å². The maximum Gasteiger partial charge on any atom is 0.253 e. The average molecular weight is 280 g/mol. The number of ether oxygens (including phenoxy) is 1. The second kappa shape index (κ2) is 7.56. The van der Waals surface area contributed by atoms with Crippen molar-refractivity contribution in [2.24, 2.45) is 5.73 Å². The monoisotopic (exact) mass is 279 g/mol. The van der Waals surface area contributed by atoms with Gasteiger partial charge < -0.3 is 20.3 Å². The summed E-state index contributed by atoms with van der Waals surface area (Å²) in [5, 5.41) is 0. The zero-order valence-corrected chi connectivity index (χ0v) is 11.9. The van der Waals surface area contributed by atoms with Crippen molar-refractivity contribution in [3.8, 4) is 0 Å². The van der Waals surface area contributed by atoms with E-state index in [1.807, 2.05) is 0 Å². The molecule has 0 aliphatic carbocycles. The van der Waals surface area contributed by atoms with E-state index in [4.69, 9.17) is 10.5 Å². The Morgan fingerprint density at radius 2 is 2.11 bits per heavy atom. The molecule has 7 heteroatoms. The van der Waals surface area contributed by atoms with E-state index in [1.54, 1.807) is 19.0 Å². The smallest absolute Gasteiger partial charge is 0.253 e. The van der Waals surface area contributed by atoms with Gasteiger partial charge in [0.15, 0.2) is 0 Å². The number of hydrogen-bond acceptors (Lipinski definition) is 4. The van der Waals surface area contributed by atoms with Gasteiger partial charge in [-0.25, -0.2) is 0 Å². The van der Waals surface area contributed by atoms with E-state index in [9.17, 15) is 9.59 Å². The van der Waals surface area contributed by atoms with Crippen LogP contribution in [0.2, 0.25) is 0 Å². The molecule has 0 bridgehead atoms. The van der Waals surface area contributed by atoms with Crippen LogP contribution in [0.1, 0.15) is 12.8 Å². The van der Waals surface area contributed by atoms with Gasteiger partial charge in [-0.05, 0) is 12.8 Å². The quantitative estimate of drug-likeness (QED) is 0.750. The van der Waals surface area contributed by atoms with Crippen LogP contribution >= 0.6 is 12.4 Å². The SMILES string of the molecule is COC(CN)C(=O)N1CCCC1C(=O)N(C)C.Cl. The minimum Gasteiger partial charge on any atom is -0.370 e. The largest absolute Gasteiger partial charge is 0.370 e. The molecule has 1 fully saturated rings. The zero-order valence-electron chi connectivity index (χ0n) is 11.1. The van der Waals surface area contributed by atoms with Crippen LogP contribution in [0.5, 0.6) is 0 Å². The number of likely N-dealkylation sites (N-methyl/N-ethyl adjacent to an activating group) is 1. The molecule has 0 spiro atoms. The fraction of sp³-hybridized carbons (Fsp3) is 0.818. The predicted octanol–water partition coefficient (Wildman–Crippen LogP) is -0.539. The lowest BCUT2D eigenvalue weighted by molar-refractivity contribution is -0.148. The number of amides is 2. The van der Waals surface area contributed by atoms with E-state index in [0.29, 0.717) is 13.0 Å². The summed E-state index contributed by atoms with van der Waals surface area (Å²) in [5.41, 5.74) is 5.47. The summed E-state index contributed by atoms with van der Waals surface area (Å²) in [4.78, 5) is 27.1. The first-order valence-corrected chi connectivity index (χ1v) is 5.77. The second-order valence-corrected chi connectivity index (χ2v) is 4.38. The van der Waals surface area contributed by atoms with Gasteiger partial charge in [-0.15, -0.1) is 12.4 Å². The number of nitrogens with zero attached hydrogens (tertiary/aromatic N) is 2. The van der Waals surface area contributed by atoms with Crippen LogP contribution in [0.3, 0.4) is 0 Å². The molecule has 0 saturated carbocycles. The summed E-state index contributed by atoms with van der Waals surface area (Å²) in [6.45, 7) is 0.734. The molecule has 1 saturated heterocycles. The first-order valence-electron chi connectivity index (χ1n) is 5.77. The molecule has 0 radical (unpaired) electrons. The first-order chi connectivity index (χ1) is 8.02. The minimum absolute atomic E-state index is 0. The number of carbonyl (C=O) groups is 2. The van der Waals surface area contributed by atoms with E-state index in [1.165, 1.54) is 12.0 Å². The van der Waals surface area contributed by atoms with Crippen molar-refractivity contribution in [2.75, 3.05) is 34.3 Å². The molecule has 2 amide bonds. The van der Waals surface area contributed by atoms with Crippen LogP contribution in [0, 0.1) is 0 Å². The molecule has 1 aliphatic heterocycles. The number of hydrogen-bond donors (Lipinski definition) is 1. The summed E-state index contributed by atoms with van der Waals surface area (Å²) < 4.78 is 5.02.